The van der Waals surface area contributed by atoms with Crippen molar-refractivity contribution < 1.29 is 4.39 Å². The van der Waals surface area contributed by atoms with Crippen molar-refractivity contribution >= 4 is 22.8 Å². The van der Waals surface area contributed by atoms with Crippen LogP contribution < -0.4 is 0 Å². The number of hydrogen-bond donors (Lipinski definition) is 1. The van der Waals surface area contributed by atoms with Gasteiger partial charge in [-0.25, -0.2) is 14.4 Å². The molecule has 0 aliphatic rings. The van der Waals surface area contributed by atoms with Gasteiger partial charge in [0, 0.05) is 10.6 Å². The molecule has 4 nitrogen and oxygen atoms in total. The fourth-order valence-electron chi connectivity index (χ4n) is 1.56. The minimum atomic E-state index is -0.425. The van der Waals surface area contributed by atoms with Crippen LogP contribution in [0.5, 0.6) is 0 Å². The second kappa shape index (κ2) is 3.78. The number of benzene rings is 1. The summed E-state index contributed by atoms with van der Waals surface area (Å²) in [5.41, 5.74) is 1.97. The number of fused-ring (bicyclic) bond motifs is 1. The summed E-state index contributed by atoms with van der Waals surface area (Å²) < 4.78 is 13.7. The van der Waals surface area contributed by atoms with Crippen LogP contribution in [0.4, 0.5) is 4.39 Å². The Morgan fingerprint density at radius 1 is 1.24 bits per heavy atom. The fraction of sp³-hybridized carbons (Fsp3) is 0. The first-order valence-electron chi connectivity index (χ1n) is 4.85. The highest BCUT2D eigenvalue weighted by Crippen LogP contribution is 2.24. The van der Waals surface area contributed by atoms with Gasteiger partial charge in [-0.3, -0.25) is 5.10 Å². The summed E-state index contributed by atoms with van der Waals surface area (Å²) in [6.45, 7) is 0. The topological polar surface area (TPSA) is 54.5 Å². The lowest BCUT2D eigenvalue weighted by Crippen LogP contribution is -1.90. The molecule has 0 bridgehead atoms. The van der Waals surface area contributed by atoms with Crippen LogP contribution in [0.1, 0.15) is 0 Å². The Labute approximate surface area is 100 Å². The van der Waals surface area contributed by atoms with Gasteiger partial charge < -0.3 is 0 Å². The lowest BCUT2D eigenvalue weighted by atomic mass is 10.1. The van der Waals surface area contributed by atoms with E-state index in [1.807, 2.05) is 0 Å². The predicted molar refractivity (Wildman–Crippen MR) is 62.1 cm³/mol. The van der Waals surface area contributed by atoms with E-state index in [0.29, 0.717) is 27.4 Å². The van der Waals surface area contributed by atoms with Gasteiger partial charge in [-0.15, -0.1) is 0 Å². The first kappa shape index (κ1) is 10.2. The molecule has 2 heterocycles. The molecule has 0 saturated carbocycles. The quantitative estimate of drug-likeness (QED) is 0.720. The zero-order valence-electron chi connectivity index (χ0n) is 8.48. The van der Waals surface area contributed by atoms with Crippen LogP contribution >= 0.6 is 11.6 Å². The van der Waals surface area contributed by atoms with Gasteiger partial charge in [0.15, 0.2) is 5.65 Å². The van der Waals surface area contributed by atoms with Crippen LogP contribution in [0, 0.1) is 5.82 Å². The molecule has 3 rings (SSSR count). The number of rotatable bonds is 1. The van der Waals surface area contributed by atoms with Crippen LogP contribution in [0.15, 0.2) is 30.6 Å². The SMILES string of the molecule is Fc1cc(Cl)ccc1-c1cnc2cn[nH]c2n1. The Kier molecular flexibility index (Phi) is 2.26. The Balaban J connectivity index is 2.19. The third kappa shape index (κ3) is 1.74. The average molecular weight is 249 g/mol. The van der Waals surface area contributed by atoms with Gasteiger partial charge in [0.2, 0.25) is 0 Å². The lowest BCUT2D eigenvalue weighted by molar-refractivity contribution is 0.631. The van der Waals surface area contributed by atoms with Crippen LogP contribution in [-0.2, 0) is 0 Å². The van der Waals surface area contributed by atoms with Gasteiger partial charge in [0.1, 0.15) is 11.3 Å². The van der Waals surface area contributed by atoms with Crippen molar-refractivity contribution in [2.45, 2.75) is 0 Å². The smallest absolute Gasteiger partial charge is 0.174 e. The maximum absolute atomic E-state index is 13.7. The van der Waals surface area contributed by atoms with E-state index < -0.39 is 5.82 Å². The van der Waals surface area contributed by atoms with Crippen LogP contribution in [0.25, 0.3) is 22.4 Å². The highest BCUT2D eigenvalue weighted by Gasteiger charge is 2.09. The van der Waals surface area contributed by atoms with Gasteiger partial charge in [-0.2, -0.15) is 5.10 Å². The molecule has 0 atom stereocenters. The third-order valence-electron chi connectivity index (χ3n) is 2.37. The summed E-state index contributed by atoms with van der Waals surface area (Å²) in [6, 6.07) is 4.43. The van der Waals surface area contributed by atoms with E-state index in [4.69, 9.17) is 11.6 Å². The minimum absolute atomic E-state index is 0.349. The maximum atomic E-state index is 13.7. The first-order chi connectivity index (χ1) is 8.24. The Bertz CT molecular complexity index is 695. The molecule has 0 amide bonds. The van der Waals surface area contributed by atoms with Gasteiger partial charge >= 0.3 is 0 Å². The molecule has 2 aromatic heterocycles. The summed E-state index contributed by atoms with van der Waals surface area (Å²) in [6.07, 6.45) is 3.06. The minimum Gasteiger partial charge on any atom is -0.259 e. The summed E-state index contributed by atoms with van der Waals surface area (Å²) in [5.74, 6) is -0.425. The molecule has 3 aromatic rings. The number of aromatic amines is 1. The van der Waals surface area contributed by atoms with E-state index >= 15 is 0 Å². The molecule has 0 radical (unpaired) electrons. The molecule has 0 fully saturated rings. The average Bonchev–Trinajstić information content (AvgIpc) is 2.75. The van der Waals surface area contributed by atoms with Gasteiger partial charge in [0.05, 0.1) is 18.1 Å². The molecule has 84 valence electrons. The summed E-state index contributed by atoms with van der Waals surface area (Å²) in [4.78, 5) is 8.36. The summed E-state index contributed by atoms with van der Waals surface area (Å²) in [7, 11) is 0. The highest BCUT2D eigenvalue weighted by molar-refractivity contribution is 6.30. The van der Waals surface area contributed by atoms with Crippen molar-refractivity contribution in [2.24, 2.45) is 0 Å². The lowest BCUT2D eigenvalue weighted by Gasteiger charge is -2.02. The molecule has 1 N–H and O–H groups in total. The number of aromatic nitrogens is 4. The third-order valence-corrected chi connectivity index (χ3v) is 2.60. The van der Waals surface area contributed by atoms with E-state index in [0.717, 1.165) is 0 Å². The molecule has 17 heavy (non-hydrogen) atoms. The van der Waals surface area contributed by atoms with Gasteiger partial charge in [0.25, 0.3) is 0 Å². The number of halogens is 2. The highest BCUT2D eigenvalue weighted by atomic mass is 35.5. The first-order valence-corrected chi connectivity index (χ1v) is 5.23. The zero-order chi connectivity index (χ0) is 11.8. The fourth-order valence-corrected chi connectivity index (χ4v) is 1.72. The van der Waals surface area contributed by atoms with E-state index in [-0.39, 0.29) is 0 Å². The molecule has 0 unspecified atom stereocenters. The van der Waals surface area contributed by atoms with Crippen LogP contribution in [0.2, 0.25) is 5.02 Å². The number of H-pyrrole nitrogens is 1. The molecule has 0 saturated heterocycles. The summed E-state index contributed by atoms with van der Waals surface area (Å²) in [5, 5.41) is 6.85. The number of nitrogens with one attached hydrogen (secondary N) is 1. The number of nitrogens with zero attached hydrogens (tertiary/aromatic N) is 3. The van der Waals surface area contributed by atoms with Crippen molar-refractivity contribution in [3.8, 4) is 11.3 Å². The molecule has 0 aliphatic heterocycles. The Morgan fingerprint density at radius 3 is 2.94 bits per heavy atom. The Hall–Kier alpha value is -2.01. The van der Waals surface area contributed by atoms with E-state index in [1.54, 1.807) is 18.3 Å². The molecular weight excluding hydrogens is 243 g/mol. The van der Waals surface area contributed by atoms with Crippen molar-refractivity contribution in [3.63, 3.8) is 0 Å². The predicted octanol–water partition coefficient (Wildman–Crippen LogP) is 2.81. The zero-order valence-corrected chi connectivity index (χ0v) is 9.24. The molecule has 0 aliphatic carbocycles. The van der Waals surface area contributed by atoms with Crippen molar-refractivity contribution in [3.05, 3.63) is 41.4 Å². The van der Waals surface area contributed by atoms with Crippen molar-refractivity contribution in [1.82, 2.24) is 20.2 Å². The largest absolute Gasteiger partial charge is 0.259 e. The van der Waals surface area contributed by atoms with E-state index in [2.05, 4.69) is 20.2 Å². The number of hydrogen-bond acceptors (Lipinski definition) is 3. The second-order valence-electron chi connectivity index (χ2n) is 3.48. The summed E-state index contributed by atoms with van der Waals surface area (Å²) >= 11 is 5.69. The van der Waals surface area contributed by atoms with E-state index in [1.165, 1.54) is 12.3 Å². The van der Waals surface area contributed by atoms with Gasteiger partial charge in [-0.05, 0) is 18.2 Å². The van der Waals surface area contributed by atoms with Gasteiger partial charge in [-0.1, -0.05) is 11.6 Å². The van der Waals surface area contributed by atoms with Crippen molar-refractivity contribution in [1.29, 1.82) is 0 Å². The maximum Gasteiger partial charge on any atom is 0.174 e. The standard InChI is InChI=1S/C11H6ClFN4/c12-6-1-2-7(8(13)3-6)9-4-14-10-5-15-17-11(10)16-9/h1-5H,(H,15,16,17). The molecule has 1 aromatic carbocycles. The van der Waals surface area contributed by atoms with Crippen LogP contribution in [-0.4, -0.2) is 20.2 Å². The van der Waals surface area contributed by atoms with E-state index in [9.17, 15) is 4.39 Å². The Morgan fingerprint density at radius 2 is 2.12 bits per heavy atom. The molecule has 6 heteroatoms. The monoisotopic (exact) mass is 248 g/mol. The molecule has 0 spiro atoms. The second-order valence-corrected chi connectivity index (χ2v) is 3.92. The van der Waals surface area contributed by atoms with Crippen molar-refractivity contribution in [2.75, 3.05) is 0 Å². The molecular formula is C11H6ClFN4. The normalized spacial score (nSPS) is 10.9. The van der Waals surface area contributed by atoms with Crippen LogP contribution in [0.3, 0.4) is 0 Å².